The van der Waals surface area contributed by atoms with E-state index >= 15 is 0 Å². The smallest absolute Gasteiger partial charge is 0.197 e. The van der Waals surface area contributed by atoms with Crippen LogP contribution >= 0.6 is 0 Å². The zero-order valence-corrected chi connectivity index (χ0v) is 46.0. The third-order valence-corrected chi connectivity index (χ3v) is 16.0. The molecule has 375 valence electrons. The highest BCUT2D eigenvalue weighted by Gasteiger charge is 2.34. The van der Waals surface area contributed by atoms with Gasteiger partial charge in [-0.2, -0.15) is 0 Å². The lowest BCUT2D eigenvalue weighted by molar-refractivity contribution is 0.590. The van der Waals surface area contributed by atoms with Gasteiger partial charge in [0.15, 0.2) is 7.28 Å². The van der Waals surface area contributed by atoms with E-state index in [9.17, 15) is 0 Å². The predicted molar refractivity (Wildman–Crippen MR) is 325 cm³/mol. The van der Waals surface area contributed by atoms with Gasteiger partial charge in [-0.25, -0.2) is 0 Å². The van der Waals surface area contributed by atoms with Crippen LogP contribution in [0.15, 0.2) is 179 Å². The van der Waals surface area contributed by atoms with Crippen LogP contribution in [0.2, 0.25) is 0 Å². The molecular weight excluding hydrogens is 926 g/mol. The standard InChI is InChI=1S/C70H65BN3O2/c1-67(2,3)41-21-28-45(29-22-41)72-55-40-60-51(49-17-13-15-19-58(49)75-60)39-52(55)61-62-50-18-14-16-20-59(50)76-66(62)63-53-37-44(70(10,11)12)27-36-56(53)74-57-38-48(34-35-54(57)71-64(61)65(63)74)73(46-30-23-42(24-31-46)68(4,5)6)47-32-25-43(26-33-47)69(7,8)9/h13-40,72H,1-12H3. The molecule has 0 fully saturated rings. The second kappa shape index (κ2) is 16.8. The van der Waals surface area contributed by atoms with E-state index in [2.05, 4.69) is 269 Å². The average molecular weight is 991 g/mol. The molecule has 0 bridgehead atoms. The van der Waals surface area contributed by atoms with Gasteiger partial charge >= 0.3 is 0 Å². The van der Waals surface area contributed by atoms with E-state index in [1.165, 1.54) is 27.6 Å². The molecule has 12 aromatic rings. The summed E-state index contributed by atoms with van der Waals surface area (Å²) in [5.41, 5.74) is 21.7. The van der Waals surface area contributed by atoms with Crippen LogP contribution in [0.5, 0.6) is 0 Å². The maximum Gasteiger partial charge on any atom is 0.197 e. The molecule has 0 saturated carbocycles. The van der Waals surface area contributed by atoms with Gasteiger partial charge in [0.05, 0.1) is 22.1 Å². The largest absolute Gasteiger partial charge is 0.456 e. The highest BCUT2D eigenvalue weighted by atomic mass is 16.3. The minimum absolute atomic E-state index is 0.0234. The molecule has 4 heterocycles. The van der Waals surface area contributed by atoms with Gasteiger partial charge in [0.25, 0.3) is 0 Å². The van der Waals surface area contributed by atoms with Gasteiger partial charge in [0.2, 0.25) is 0 Å². The number of aromatic nitrogens is 1. The maximum atomic E-state index is 7.30. The molecule has 0 atom stereocenters. The van der Waals surface area contributed by atoms with Crippen molar-refractivity contribution >= 4 is 112 Å². The van der Waals surface area contributed by atoms with Crippen molar-refractivity contribution in [2.24, 2.45) is 0 Å². The summed E-state index contributed by atoms with van der Waals surface area (Å²) in [5.74, 6) is 0. The Kier molecular flexibility index (Phi) is 10.5. The van der Waals surface area contributed by atoms with Gasteiger partial charge in [-0.05, 0) is 134 Å². The fourth-order valence-corrected chi connectivity index (χ4v) is 11.7. The molecular formula is C70H65BN3O2. The van der Waals surface area contributed by atoms with Crippen molar-refractivity contribution in [3.8, 4) is 16.8 Å². The Bertz CT molecular complexity index is 4240. The molecule has 0 amide bonds. The number of furan rings is 2. The maximum absolute atomic E-state index is 7.30. The molecule has 13 rings (SSSR count). The molecule has 0 saturated heterocycles. The second-order valence-corrected chi connectivity index (χ2v) is 25.4. The van der Waals surface area contributed by atoms with Gasteiger partial charge < -0.3 is 23.6 Å². The zero-order valence-electron chi connectivity index (χ0n) is 46.0. The topological polar surface area (TPSA) is 46.5 Å². The van der Waals surface area contributed by atoms with Crippen molar-refractivity contribution in [2.45, 2.75) is 105 Å². The number of benzene rings is 9. The van der Waals surface area contributed by atoms with Crippen molar-refractivity contribution in [1.29, 1.82) is 0 Å². The van der Waals surface area contributed by atoms with Crippen LogP contribution in [-0.4, -0.2) is 11.8 Å². The minimum atomic E-state index is -0.0875. The van der Waals surface area contributed by atoms with Gasteiger partial charge in [-0.1, -0.05) is 173 Å². The van der Waals surface area contributed by atoms with Crippen LogP contribution in [0.3, 0.4) is 0 Å². The van der Waals surface area contributed by atoms with Crippen molar-refractivity contribution < 1.29 is 8.83 Å². The first-order valence-corrected chi connectivity index (χ1v) is 27.0. The first-order valence-electron chi connectivity index (χ1n) is 27.0. The summed E-state index contributed by atoms with van der Waals surface area (Å²) in [6.07, 6.45) is 0. The minimum Gasteiger partial charge on any atom is -0.456 e. The van der Waals surface area contributed by atoms with E-state index < -0.39 is 0 Å². The van der Waals surface area contributed by atoms with Crippen LogP contribution in [-0.2, 0) is 21.7 Å². The SMILES string of the molecule is CC(C)(C)c1ccc(Nc2cc3oc4ccccc4c3cc2-c2c3c4c(c5cc(C(C)(C)C)ccc5n4-c4cc(N(c5ccc(C(C)(C)C)cc5)c5ccc(C(C)(C)C)cc5)ccc4[B]3)c3oc4ccccc4c23)cc1. The summed E-state index contributed by atoms with van der Waals surface area (Å²) >= 11 is 0. The Morgan fingerprint density at radius 1 is 0.447 bits per heavy atom. The van der Waals surface area contributed by atoms with E-state index in [1.807, 2.05) is 6.07 Å². The zero-order chi connectivity index (χ0) is 52.8. The second-order valence-electron chi connectivity index (χ2n) is 25.4. The van der Waals surface area contributed by atoms with E-state index in [0.29, 0.717) is 0 Å². The summed E-state index contributed by atoms with van der Waals surface area (Å²) in [5, 5.41) is 10.6. The van der Waals surface area contributed by atoms with Crippen LogP contribution < -0.4 is 21.1 Å². The molecule has 9 aromatic carbocycles. The van der Waals surface area contributed by atoms with Crippen LogP contribution in [0, 0.1) is 0 Å². The quantitative estimate of drug-likeness (QED) is 0.169. The van der Waals surface area contributed by atoms with Crippen LogP contribution in [0.1, 0.15) is 105 Å². The fraction of sp³-hybridized carbons (Fsp3) is 0.229. The lowest BCUT2D eigenvalue weighted by Crippen LogP contribution is -2.37. The Hall–Kier alpha value is -7.96. The average Bonchev–Trinajstić information content (AvgIpc) is 3.99. The molecule has 3 aromatic heterocycles. The first-order chi connectivity index (χ1) is 36.2. The normalized spacial score (nSPS) is 13.1. The van der Waals surface area contributed by atoms with E-state index in [1.54, 1.807) is 0 Å². The highest BCUT2D eigenvalue weighted by molar-refractivity contribution is 6.74. The number of para-hydroxylation sites is 2. The number of nitrogens with zero attached hydrogens (tertiary/aromatic N) is 2. The molecule has 0 unspecified atom stereocenters. The number of rotatable bonds is 6. The van der Waals surface area contributed by atoms with Crippen LogP contribution in [0.25, 0.3) is 82.5 Å². The monoisotopic (exact) mass is 991 g/mol. The van der Waals surface area contributed by atoms with Gasteiger partial charge in [-0.3, -0.25) is 0 Å². The van der Waals surface area contributed by atoms with Gasteiger partial charge in [-0.15, -0.1) is 0 Å². The summed E-state index contributed by atoms with van der Waals surface area (Å²) in [4.78, 5) is 2.42. The summed E-state index contributed by atoms with van der Waals surface area (Å²) in [6, 6.07) is 62.9. The summed E-state index contributed by atoms with van der Waals surface area (Å²) in [7, 11) is 2.45. The molecule has 0 spiro atoms. The third kappa shape index (κ3) is 7.74. The first kappa shape index (κ1) is 47.7. The van der Waals surface area contributed by atoms with Crippen molar-refractivity contribution in [3.05, 3.63) is 192 Å². The Balaban J connectivity index is 1.12. The van der Waals surface area contributed by atoms with Gasteiger partial charge in [0, 0.05) is 67.0 Å². The number of hydrogen-bond donors (Lipinski definition) is 1. The molecule has 1 radical (unpaired) electrons. The van der Waals surface area contributed by atoms with E-state index in [0.717, 1.165) is 116 Å². The van der Waals surface area contributed by atoms with E-state index in [4.69, 9.17) is 8.83 Å². The van der Waals surface area contributed by atoms with E-state index in [-0.39, 0.29) is 21.7 Å². The number of hydrogen-bond acceptors (Lipinski definition) is 4. The van der Waals surface area contributed by atoms with Crippen molar-refractivity contribution in [3.63, 3.8) is 0 Å². The van der Waals surface area contributed by atoms with Crippen LogP contribution in [0.4, 0.5) is 28.4 Å². The Morgan fingerprint density at radius 3 is 1.59 bits per heavy atom. The highest BCUT2D eigenvalue weighted by Crippen LogP contribution is 2.49. The molecule has 1 N–H and O–H groups in total. The Morgan fingerprint density at radius 2 is 0.987 bits per heavy atom. The van der Waals surface area contributed by atoms with Crippen molar-refractivity contribution in [2.75, 3.05) is 10.2 Å². The van der Waals surface area contributed by atoms with Gasteiger partial charge in [0.1, 0.15) is 22.3 Å². The summed E-state index contributed by atoms with van der Waals surface area (Å²) < 4.78 is 16.5. The lowest BCUT2D eigenvalue weighted by atomic mass is 9.58. The molecule has 1 aliphatic rings. The number of fused-ring (bicyclic) bond motifs is 12. The lowest BCUT2D eigenvalue weighted by Gasteiger charge is -2.30. The number of nitrogens with one attached hydrogen (secondary N) is 1. The molecule has 6 heteroatoms. The molecule has 0 aliphatic carbocycles. The van der Waals surface area contributed by atoms with Crippen molar-refractivity contribution in [1.82, 2.24) is 4.57 Å². The molecule has 1 aliphatic heterocycles. The third-order valence-electron chi connectivity index (χ3n) is 16.0. The fourth-order valence-electron chi connectivity index (χ4n) is 11.7. The number of anilines is 5. The predicted octanol–water partition coefficient (Wildman–Crippen LogP) is 18.6. The summed E-state index contributed by atoms with van der Waals surface area (Å²) in [6.45, 7) is 27.4. The molecule has 5 nitrogen and oxygen atoms in total. The Labute approximate surface area is 447 Å². The molecule has 76 heavy (non-hydrogen) atoms.